The molecule has 1 amide bonds. The van der Waals surface area contributed by atoms with E-state index in [4.69, 9.17) is 0 Å². The summed E-state index contributed by atoms with van der Waals surface area (Å²) in [5.41, 5.74) is 2.33. The first kappa shape index (κ1) is 26.4. The Hall–Kier alpha value is -2.82. The summed E-state index contributed by atoms with van der Waals surface area (Å²) in [6.45, 7) is 7.62. The molecule has 0 saturated heterocycles. The fourth-order valence-electron chi connectivity index (χ4n) is 3.68. The Morgan fingerprint density at radius 2 is 1.79 bits per heavy atom. The third kappa shape index (κ3) is 7.34. The molecule has 0 aliphatic rings. The molecule has 9 nitrogen and oxygen atoms in total. The molecule has 2 aromatic rings. The zero-order valence-electron chi connectivity index (χ0n) is 19.5. The molecule has 1 heterocycles. The Balaban J connectivity index is 2.37. The first-order chi connectivity index (χ1) is 15.5. The van der Waals surface area contributed by atoms with Gasteiger partial charge in [0.25, 0.3) is 5.91 Å². The lowest BCUT2D eigenvalue weighted by Crippen LogP contribution is -2.51. The van der Waals surface area contributed by atoms with Crippen LogP contribution in [0.15, 0.2) is 24.3 Å². The number of hydrogen-bond donors (Lipinski definition) is 4. The van der Waals surface area contributed by atoms with E-state index in [-0.39, 0.29) is 48.6 Å². The maximum atomic E-state index is 13.5. The number of quaternary nitrogens is 1. The van der Waals surface area contributed by atoms with Crippen LogP contribution in [-0.2, 0) is 16.1 Å². The molecule has 2 atom stereocenters. The summed E-state index contributed by atoms with van der Waals surface area (Å²) in [6, 6.07) is 5.70. The SMILES string of the molecule is CC(C)NC(=O)c1nn(-c2ccc(F)cc2)c(CCC(O)CC(O)CC(=O)O[NH3+])c1C(C)C. The standard InChI is InChI=1S/C23H33FN4O5/c1-13(2)21-19(10-9-17(29)11-18(30)12-20(31)33-25)28(16-7-5-15(24)6-8-16)27-22(21)23(32)26-14(3)4/h5-8,13-14,17-18,29-30H,9-12H2,1-4,25H3/p+1. The molecule has 6 N–H and O–H groups in total. The predicted molar refractivity (Wildman–Crippen MR) is 119 cm³/mol. The van der Waals surface area contributed by atoms with E-state index in [1.807, 2.05) is 27.7 Å². The minimum absolute atomic E-state index is 0.0164. The third-order valence-electron chi connectivity index (χ3n) is 5.13. The highest BCUT2D eigenvalue weighted by atomic mass is 19.1. The number of aliphatic hydroxyl groups excluding tert-OH is 2. The smallest absolute Gasteiger partial charge is 0.368 e. The van der Waals surface area contributed by atoms with Crippen molar-refractivity contribution in [1.82, 2.24) is 15.1 Å². The van der Waals surface area contributed by atoms with Crippen molar-refractivity contribution in [2.24, 2.45) is 0 Å². The zero-order valence-corrected chi connectivity index (χ0v) is 19.5. The molecule has 1 aromatic carbocycles. The average Bonchev–Trinajstić information content (AvgIpc) is 3.12. The van der Waals surface area contributed by atoms with Crippen molar-refractivity contribution in [1.29, 1.82) is 0 Å². The Morgan fingerprint density at radius 1 is 1.15 bits per heavy atom. The molecule has 0 saturated carbocycles. The lowest BCUT2D eigenvalue weighted by Gasteiger charge is -2.17. The molecule has 0 aliphatic carbocycles. The van der Waals surface area contributed by atoms with Gasteiger partial charge >= 0.3 is 5.97 Å². The summed E-state index contributed by atoms with van der Waals surface area (Å²) in [7, 11) is 0. The van der Waals surface area contributed by atoms with Crippen molar-refractivity contribution < 1.29 is 34.9 Å². The van der Waals surface area contributed by atoms with Crippen LogP contribution in [0.5, 0.6) is 0 Å². The maximum Gasteiger partial charge on any atom is 0.368 e. The van der Waals surface area contributed by atoms with Crippen molar-refractivity contribution >= 4 is 11.9 Å². The number of nitrogens with one attached hydrogen (secondary N) is 1. The Kier molecular flexibility index (Phi) is 9.51. The van der Waals surface area contributed by atoms with E-state index in [2.05, 4.69) is 21.2 Å². The molecule has 1 aromatic heterocycles. The lowest BCUT2D eigenvalue weighted by molar-refractivity contribution is -0.657. The van der Waals surface area contributed by atoms with Gasteiger partial charge in [-0.1, -0.05) is 13.8 Å². The summed E-state index contributed by atoms with van der Waals surface area (Å²) < 4.78 is 15.1. The number of aliphatic hydroxyl groups is 2. The van der Waals surface area contributed by atoms with Gasteiger partial charge in [-0.15, -0.1) is 0 Å². The van der Waals surface area contributed by atoms with E-state index in [9.17, 15) is 24.2 Å². The van der Waals surface area contributed by atoms with Crippen molar-refractivity contribution in [3.05, 3.63) is 47.0 Å². The molecule has 0 radical (unpaired) electrons. The number of benzene rings is 1. The van der Waals surface area contributed by atoms with Crippen LogP contribution in [0, 0.1) is 5.82 Å². The second-order valence-electron chi connectivity index (χ2n) is 8.68. The van der Waals surface area contributed by atoms with Crippen LogP contribution in [0.3, 0.4) is 0 Å². The van der Waals surface area contributed by atoms with E-state index < -0.39 is 18.2 Å². The van der Waals surface area contributed by atoms with Crippen LogP contribution < -0.4 is 11.2 Å². The van der Waals surface area contributed by atoms with Gasteiger partial charge in [-0.25, -0.2) is 13.9 Å². The molecule has 33 heavy (non-hydrogen) atoms. The van der Waals surface area contributed by atoms with E-state index in [1.54, 1.807) is 16.8 Å². The summed E-state index contributed by atoms with van der Waals surface area (Å²) in [5, 5.41) is 27.8. The van der Waals surface area contributed by atoms with Gasteiger partial charge in [-0.3, -0.25) is 9.63 Å². The van der Waals surface area contributed by atoms with Gasteiger partial charge in [0.05, 0.1) is 24.3 Å². The van der Waals surface area contributed by atoms with Crippen LogP contribution >= 0.6 is 0 Å². The molecule has 0 fully saturated rings. The van der Waals surface area contributed by atoms with Crippen LogP contribution in [0.2, 0.25) is 0 Å². The largest absolute Gasteiger partial charge is 0.393 e. The van der Waals surface area contributed by atoms with E-state index in [1.165, 1.54) is 12.1 Å². The fourth-order valence-corrected chi connectivity index (χ4v) is 3.68. The molecule has 2 rings (SSSR count). The summed E-state index contributed by atoms with van der Waals surface area (Å²) in [4.78, 5) is 28.4. The van der Waals surface area contributed by atoms with E-state index in [0.29, 0.717) is 12.1 Å². The van der Waals surface area contributed by atoms with Crippen molar-refractivity contribution in [2.75, 3.05) is 0 Å². The van der Waals surface area contributed by atoms with Gasteiger partial charge in [0, 0.05) is 17.3 Å². The zero-order chi connectivity index (χ0) is 24.7. The number of carbonyl (C=O) groups is 2. The summed E-state index contributed by atoms with van der Waals surface area (Å²) >= 11 is 0. The number of halogens is 1. The average molecular weight is 466 g/mol. The van der Waals surface area contributed by atoms with Crippen molar-refractivity contribution in [3.8, 4) is 5.69 Å². The molecule has 182 valence electrons. The Bertz CT molecular complexity index is 943. The highest BCUT2D eigenvalue weighted by Gasteiger charge is 2.27. The van der Waals surface area contributed by atoms with Gasteiger partial charge in [0.15, 0.2) is 5.69 Å². The molecular weight excluding hydrogens is 431 g/mol. The highest BCUT2D eigenvalue weighted by molar-refractivity contribution is 5.94. The van der Waals surface area contributed by atoms with Crippen LogP contribution in [0.1, 0.15) is 74.6 Å². The monoisotopic (exact) mass is 465 g/mol. The van der Waals surface area contributed by atoms with Gasteiger partial charge < -0.3 is 15.5 Å². The minimum atomic E-state index is -1.06. The predicted octanol–water partition coefficient (Wildman–Crippen LogP) is 1.41. The van der Waals surface area contributed by atoms with Crippen molar-refractivity contribution in [3.63, 3.8) is 0 Å². The van der Waals surface area contributed by atoms with Crippen LogP contribution in [-0.4, -0.2) is 50.1 Å². The highest BCUT2D eigenvalue weighted by Crippen LogP contribution is 2.28. The first-order valence-corrected chi connectivity index (χ1v) is 11.0. The number of amides is 1. The molecule has 0 bridgehead atoms. The van der Waals surface area contributed by atoms with E-state index >= 15 is 0 Å². The minimum Gasteiger partial charge on any atom is -0.393 e. The number of hydrogen-bond acceptors (Lipinski definition) is 6. The van der Waals surface area contributed by atoms with Gasteiger partial charge in [0.1, 0.15) is 5.82 Å². The first-order valence-electron chi connectivity index (χ1n) is 11.0. The second-order valence-corrected chi connectivity index (χ2v) is 8.68. The van der Waals surface area contributed by atoms with Gasteiger partial charge in [-0.05, 0) is 63.3 Å². The lowest BCUT2D eigenvalue weighted by atomic mass is 9.95. The summed E-state index contributed by atoms with van der Waals surface area (Å²) in [6.07, 6.45) is -1.63. The molecule has 10 heteroatoms. The van der Waals surface area contributed by atoms with Gasteiger partial charge in [-0.2, -0.15) is 11.0 Å². The summed E-state index contributed by atoms with van der Waals surface area (Å²) in [5.74, 6) is 1.61. The van der Waals surface area contributed by atoms with Crippen molar-refractivity contribution in [2.45, 2.75) is 77.5 Å². The normalized spacial score (nSPS) is 13.3. The van der Waals surface area contributed by atoms with Crippen LogP contribution in [0.4, 0.5) is 4.39 Å². The molecule has 0 spiro atoms. The van der Waals surface area contributed by atoms with E-state index in [0.717, 1.165) is 11.3 Å². The number of carbonyl (C=O) groups excluding carboxylic acids is 2. The van der Waals surface area contributed by atoms with Gasteiger partial charge in [0.2, 0.25) is 0 Å². The second kappa shape index (κ2) is 11.9. The topological polar surface area (TPSA) is 141 Å². The third-order valence-corrected chi connectivity index (χ3v) is 5.13. The molecule has 0 aliphatic heterocycles. The van der Waals surface area contributed by atoms with Crippen LogP contribution in [0.25, 0.3) is 5.69 Å². The number of rotatable bonds is 11. The maximum absolute atomic E-state index is 13.5. The Labute approximate surface area is 192 Å². The molecular formula is C23H34FN4O5+. The molecule has 2 unspecified atom stereocenters. The Morgan fingerprint density at radius 3 is 2.33 bits per heavy atom. The number of nitrogens with zero attached hydrogens (tertiary/aromatic N) is 2. The quantitative estimate of drug-likeness (QED) is 0.370. The fraction of sp³-hybridized carbons (Fsp3) is 0.522. The number of aromatic nitrogens is 2.